The largest absolute Gasteiger partial charge is 0.444 e. The molecule has 1 aromatic heterocycles. The van der Waals surface area contributed by atoms with Crippen LogP contribution >= 0.6 is 0 Å². The van der Waals surface area contributed by atoms with Gasteiger partial charge in [-0.15, -0.1) is 0 Å². The number of aromatic nitrogens is 2. The van der Waals surface area contributed by atoms with Crippen LogP contribution in [0.5, 0.6) is 0 Å². The van der Waals surface area contributed by atoms with Crippen LogP contribution in [0, 0.1) is 5.41 Å². The molecule has 0 unspecified atom stereocenters. The Morgan fingerprint density at radius 1 is 1.45 bits per heavy atom. The van der Waals surface area contributed by atoms with E-state index < -0.39 is 5.60 Å². The summed E-state index contributed by atoms with van der Waals surface area (Å²) in [5.41, 5.74) is 6.74. The van der Waals surface area contributed by atoms with E-state index in [9.17, 15) is 4.79 Å². The van der Waals surface area contributed by atoms with Crippen molar-refractivity contribution in [1.29, 1.82) is 5.41 Å². The van der Waals surface area contributed by atoms with Crippen molar-refractivity contribution in [3.05, 3.63) is 17.2 Å². The van der Waals surface area contributed by atoms with Crippen molar-refractivity contribution in [2.24, 2.45) is 5.73 Å². The lowest BCUT2D eigenvalue weighted by molar-refractivity contribution is 0.0237. The highest BCUT2D eigenvalue weighted by molar-refractivity contribution is 5.91. The van der Waals surface area contributed by atoms with E-state index >= 15 is 0 Å². The summed E-state index contributed by atoms with van der Waals surface area (Å²) >= 11 is 0. The van der Waals surface area contributed by atoms with Crippen LogP contribution in [0.2, 0.25) is 0 Å². The Morgan fingerprint density at radius 3 is 2.60 bits per heavy atom. The van der Waals surface area contributed by atoms with E-state index in [-0.39, 0.29) is 11.9 Å². The van der Waals surface area contributed by atoms with Crippen molar-refractivity contribution < 1.29 is 9.53 Å². The predicted molar refractivity (Wildman–Crippen MR) is 74.4 cm³/mol. The van der Waals surface area contributed by atoms with Gasteiger partial charge in [0.25, 0.3) is 0 Å². The van der Waals surface area contributed by atoms with Crippen molar-refractivity contribution in [3.63, 3.8) is 0 Å². The second-order valence-electron chi connectivity index (χ2n) is 5.82. The minimum absolute atomic E-state index is 0.0509. The minimum atomic E-state index is -0.512. The quantitative estimate of drug-likeness (QED) is 0.632. The van der Waals surface area contributed by atoms with Crippen LogP contribution in [-0.2, 0) is 24.4 Å². The lowest BCUT2D eigenvalue weighted by Gasteiger charge is -2.24. The monoisotopic (exact) mass is 279 g/mol. The van der Waals surface area contributed by atoms with Gasteiger partial charge in [-0.1, -0.05) is 0 Å². The van der Waals surface area contributed by atoms with Crippen molar-refractivity contribution in [3.8, 4) is 0 Å². The molecule has 110 valence electrons. The molecule has 7 heteroatoms. The molecule has 1 amide bonds. The van der Waals surface area contributed by atoms with Crippen molar-refractivity contribution in [2.75, 3.05) is 0 Å². The van der Waals surface area contributed by atoms with Crippen LogP contribution in [-0.4, -0.2) is 32.0 Å². The number of ether oxygens (including phenoxy) is 1. The molecule has 0 saturated heterocycles. The van der Waals surface area contributed by atoms with Gasteiger partial charge in [-0.2, -0.15) is 0 Å². The Hall–Kier alpha value is -2.05. The molecule has 2 heterocycles. The van der Waals surface area contributed by atoms with Crippen molar-refractivity contribution >= 4 is 11.9 Å². The molecule has 0 bridgehead atoms. The van der Waals surface area contributed by atoms with Crippen LogP contribution in [0.3, 0.4) is 0 Å². The average Bonchev–Trinajstić information content (AvgIpc) is 2.82. The number of nitrogens with zero attached hydrogens (tertiary/aromatic N) is 3. The molecule has 20 heavy (non-hydrogen) atoms. The molecule has 0 aromatic carbocycles. The molecular weight excluding hydrogens is 258 g/mol. The van der Waals surface area contributed by atoms with Gasteiger partial charge in [0.15, 0.2) is 11.7 Å². The van der Waals surface area contributed by atoms with E-state index in [0.29, 0.717) is 25.5 Å². The zero-order valence-corrected chi connectivity index (χ0v) is 12.4. The predicted octanol–water partition coefficient (Wildman–Crippen LogP) is 1.44. The Kier molecular flexibility index (Phi) is 3.45. The van der Waals surface area contributed by atoms with E-state index in [1.54, 1.807) is 4.90 Å². The Labute approximate surface area is 118 Å². The summed E-state index contributed by atoms with van der Waals surface area (Å²) in [7, 11) is 0. The topological polar surface area (TPSA) is 97.2 Å². The number of imidazole rings is 1. The second kappa shape index (κ2) is 4.81. The van der Waals surface area contributed by atoms with Gasteiger partial charge in [0.05, 0.1) is 24.5 Å². The second-order valence-corrected chi connectivity index (χ2v) is 5.82. The SMILES string of the molecule is CCn1c(C(=N)N)nc2c1CN(C(=O)OC(C)(C)C)C2. The van der Waals surface area contributed by atoms with Gasteiger partial charge in [-0.25, -0.2) is 9.78 Å². The summed E-state index contributed by atoms with van der Waals surface area (Å²) in [6, 6.07) is 0. The first-order chi connectivity index (χ1) is 9.23. The van der Waals surface area contributed by atoms with Crippen LogP contribution in [0.25, 0.3) is 0 Å². The van der Waals surface area contributed by atoms with E-state index in [1.165, 1.54) is 0 Å². The summed E-state index contributed by atoms with van der Waals surface area (Å²) in [4.78, 5) is 18.0. The summed E-state index contributed by atoms with van der Waals surface area (Å²) in [5, 5.41) is 7.53. The number of rotatable bonds is 2. The third-order valence-corrected chi connectivity index (χ3v) is 3.05. The average molecular weight is 279 g/mol. The number of amides is 1. The Bertz CT molecular complexity index is 556. The van der Waals surface area contributed by atoms with Gasteiger partial charge in [-0.3, -0.25) is 10.3 Å². The zero-order chi connectivity index (χ0) is 15.1. The van der Waals surface area contributed by atoms with Crippen LogP contribution in [0.1, 0.15) is 44.9 Å². The normalized spacial score (nSPS) is 14.3. The summed E-state index contributed by atoms with van der Waals surface area (Å²) < 4.78 is 7.23. The van der Waals surface area contributed by atoms with E-state index in [4.69, 9.17) is 15.9 Å². The lowest BCUT2D eigenvalue weighted by Crippen LogP contribution is -2.34. The molecule has 0 atom stereocenters. The Morgan fingerprint density at radius 2 is 2.10 bits per heavy atom. The van der Waals surface area contributed by atoms with E-state index in [0.717, 1.165) is 11.4 Å². The fourth-order valence-electron chi connectivity index (χ4n) is 2.26. The number of carbonyl (C=O) groups is 1. The number of hydrogen-bond acceptors (Lipinski definition) is 4. The van der Waals surface area contributed by atoms with Gasteiger partial charge in [0, 0.05) is 6.54 Å². The van der Waals surface area contributed by atoms with Crippen LogP contribution in [0.15, 0.2) is 0 Å². The van der Waals surface area contributed by atoms with Gasteiger partial charge in [0.2, 0.25) is 0 Å². The molecule has 2 rings (SSSR count). The lowest BCUT2D eigenvalue weighted by atomic mass is 10.2. The number of carbonyl (C=O) groups excluding carboxylic acids is 1. The molecule has 0 saturated carbocycles. The maximum atomic E-state index is 12.0. The van der Waals surface area contributed by atoms with Crippen molar-refractivity contribution in [2.45, 2.75) is 52.9 Å². The summed E-state index contributed by atoms with van der Waals surface area (Å²) in [6.07, 6.45) is -0.345. The maximum Gasteiger partial charge on any atom is 0.410 e. The van der Waals surface area contributed by atoms with Gasteiger partial charge < -0.3 is 15.0 Å². The molecule has 1 aliphatic rings. The smallest absolute Gasteiger partial charge is 0.410 e. The molecule has 1 aliphatic heterocycles. The summed E-state index contributed by atoms with van der Waals surface area (Å²) in [6.45, 7) is 8.99. The number of hydrogen-bond donors (Lipinski definition) is 2. The third-order valence-electron chi connectivity index (χ3n) is 3.05. The molecule has 7 nitrogen and oxygen atoms in total. The number of nitrogens with one attached hydrogen (secondary N) is 1. The van der Waals surface area contributed by atoms with Gasteiger partial charge >= 0.3 is 6.09 Å². The summed E-state index contributed by atoms with van der Waals surface area (Å²) in [5.74, 6) is 0.423. The minimum Gasteiger partial charge on any atom is -0.444 e. The molecule has 3 N–H and O–H groups in total. The highest BCUT2D eigenvalue weighted by Crippen LogP contribution is 2.25. The standard InChI is InChI=1S/C13H21N5O2/c1-5-18-9-7-17(12(19)20-13(2,3)4)6-8(9)16-11(18)10(14)15/h5-7H2,1-4H3,(H3,14,15). The van der Waals surface area contributed by atoms with Gasteiger partial charge in [0.1, 0.15) is 5.60 Å². The zero-order valence-electron chi connectivity index (χ0n) is 12.4. The first-order valence-electron chi connectivity index (χ1n) is 6.63. The van der Waals surface area contributed by atoms with E-state index in [1.807, 2.05) is 32.3 Å². The number of nitrogens with two attached hydrogens (primary N) is 1. The van der Waals surface area contributed by atoms with Crippen LogP contribution < -0.4 is 5.73 Å². The first-order valence-corrected chi connectivity index (χ1v) is 6.63. The Balaban J connectivity index is 2.18. The van der Waals surface area contributed by atoms with Crippen LogP contribution in [0.4, 0.5) is 4.79 Å². The fourth-order valence-corrected chi connectivity index (χ4v) is 2.26. The highest BCUT2D eigenvalue weighted by atomic mass is 16.6. The first kappa shape index (κ1) is 14.4. The van der Waals surface area contributed by atoms with Crippen molar-refractivity contribution in [1.82, 2.24) is 14.5 Å². The highest BCUT2D eigenvalue weighted by Gasteiger charge is 2.32. The molecule has 1 aromatic rings. The van der Waals surface area contributed by atoms with Gasteiger partial charge in [-0.05, 0) is 27.7 Å². The third kappa shape index (κ3) is 2.61. The molecule has 0 radical (unpaired) electrons. The molecule has 0 spiro atoms. The fraction of sp³-hybridized carbons (Fsp3) is 0.615. The maximum absolute atomic E-state index is 12.0. The number of fused-ring (bicyclic) bond motifs is 1. The molecular formula is C13H21N5O2. The molecule has 0 fully saturated rings. The van der Waals surface area contributed by atoms with E-state index in [2.05, 4.69) is 4.98 Å². The molecule has 0 aliphatic carbocycles. The number of amidine groups is 1. The number of nitrogen functional groups attached to an aromatic ring is 1.